The first kappa shape index (κ1) is 21.1. The molecule has 6 nitrogen and oxygen atoms in total. The van der Waals surface area contributed by atoms with Gasteiger partial charge in [0.25, 0.3) is 0 Å². The van der Waals surface area contributed by atoms with Crippen LogP contribution in [0.1, 0.15) is 18.1 Å². The van der Waals surface area contributed by atoms with Gasteiger partial charge in [-0.05, 0) is 36.3 Å². The summed E-state index contributed by atoms with van der Waals surface area (Å²) in [5, 5.41) is 0. The summed E-state index contributed by atoms with van der Waals surface area (Å²) < 4.78 is 32.1. The fourth-order valence-corrected chi connectivity index (χ4v) is 4.69. The molecule has 2 aromatic carbocycles. The fourth-order valence-electron chi connectivity index (χ4n) is 3.18. The van der Waals surface area contributed by atoms with E-state index in [0.29, 0.717) is 32.8 Å². The van der Waals surface area contributed by atoms with E-state index < -0.39 is 10.0 Å². The molecule has 29 heavy (non-hydrogen) atoms. The Morgan fingerprint density at radius 1 is 1.00 bits per heavy atom. The lowest BCUT2D eigenvalue weighted by Gasteiger charge is -2.33. The van der Waals surface area contributed by atoms with Gasteiger partial charge in [-0.2, -0.15) is 4.31 Å². The Bertz CT molecular complexity index is 933. The molecule has 2 aromatic rings. The van der Waals surface area contributed by atoms with Crippen LogP contribution in [0.2, 0.25) is 0 Å². The summed E-state index contributed by atoms with van der Waals surface area (Å²) in [5.41, 5.74) is 1.68. The molecule has 1 aliphatic rings. The van der Waals surface area contributed by atoms with Crippen LogP contribution >= 0.6 is 0 Å². The van der Waals surface area contributed by atoms with E-state index in [1.165, 1.54) is 10.4 Å². The van der Waals surface area contributed by atoms with Crippen LogP contribution < -0.4 is 4.74 Å². The molecule has 1 saturated heterocycles. The average Bonchev–Trinajstić information content (AvgIpc) is 2.74. The molecule has 0 spiro atoms. The SMILES string of the molecule is CCOc1ccc(C=CC(=O)N2CCN(S(=O)(=O)Cc3ccccc3)CC2)cc1. The van der Waals surface area contributed by atoms with Gasteiger partial charge >= 0.3 is 0 Å². The summed E-state index contributed by atoms with van der Waals surface area (Å²) >= 11 is 0. The molecular formula is C22H26N2O4S. The van der Waals surface area contributed by atoms with E-state index in [-0.39, 0.29) is 11.7 Å². The van der Waals surface area contributed by atoms with E-state index in [1.54, 1.807) is 11.0 Å². The molecule has 1 amide bonds. The lowest BCUT2D eigenvalue weighted by molar-refractivity contribution is -0.127. The Labute approximate surface area is 172 Å². The van der Waals surface area contributed by atoms with Crippen LogP contribution in [-0.4, -0.2) is 56.3 Å². The molecule has 0 radical (unpaired) electrons. The van der Waals surface area contributed by atoms with Gasteiger partial charge in [0.05, 0.1) is 12.4 Å². The number of nitrogens with zero attached hydrogens (tertiary/aromatic N) is 2. The number of hydrogen-bond acceptors (Lipinski definition) is 4. The van der Waals surface area contributed by atoms with Gasteiger partial charge in [0, 0.05) is 32.3 Å². The second-order valence-electron chi connectivity index (χ2n) is 6.80. The van der Waals surface area contributed by atoms with Crippen LogP contribution in [0.4, 0.5) is 0 Å². The predicted octanol–water partition coefficient (Wildman–Crippen LogP) is 2.77. The Balaban J connectivity index is 1.52. The first-order chi connectivity index (χ1) is 14.0. The minimum Gasteiger partial charge on any atom is -0.494 e. The zero-order valence-electron chi connectivity index (χ0n) is 16.5. The summed E-state index contributed by atoms with van der Waals surface area (Å²) in [6, 6.07) is 16.7. The van der Waals surface area contributed by atoms with Crippen LogP contribution in [0.25, 0.3) is 6.08 Å². The summed E-state index contributed by atoms with van der Waals surface area (Å²) in [4.78, 5) is 14.1. The maximum absolute atomic E-state index is 12.6. The molecule has 0 aliphatic carbocycles. The highest BCUT2D eigenvalue weighted by Crippen LogP contribution is 2.15. The lowest BCUT2D eigenvalue weighted by atomic mass is 10.2. The summed E-state index contributed by atoms with van der Waals surface area (Å²) in [6.07, 6.45) is 3.29. The van der Waals surface area contributed by atoms with Crippen molar-refractivity contribution in [3.63, 3.8) is 0 Å². The molecule has 1 aliphatic heterocycles. The number of carbonyl (C=O) groups excluding carboxylic acids is 1. The zero-order chi connectivity index (χ0) is 20.7. The van der Waals surface area contributed by atoms with Gasteiger partial charge in [-0.3, -0.25) is 4.79 Å². The van der Waals surface area contributed by atoms with Crippen molar-refractivity contribution >= 4 is 22.0 Å². The van der Waals surface area contributed by atoms with Gasteiger partial charge in [0.1, 0.15) is 5.75 Å². The number of piperazine rings is 1. The quantitative estimate of drug-likeness (QED) is 0.654. The van der Waals surface area contributed by atoms with Gasteiger partial charge in [-0.25, -0.2) is 8.42 Å². The Kier molecular flexibility index (Phi) is 7.06. The van der Waals surface area contributed by atoms with E-state index in [4.69, 9.17) is 4.74 Å². The minimum atomic E-state index is -3.38. The number of sulfonamides is 1. The van der Waals surface area contributed by atoms with Gasteiger partial charge < -0.3 is 9.64 Å². The van der Waals surface area contributed by atoms with E-state index in [1.807, 2.05) is 61.5 Å². The second-order valence-corrected chi connectivity index (χ2v) is 8.77. The molecule has 7 heteroatoms. The summed E-state index contributed by atoms with van der Waals surface area (Å²) in [7, 11) is -3.38. The Hall–Kier alpha value is -2.64. The third-order valence-electron chi connectivity index (χ3n) is 4.75. The molecule has 1 heterocycles. The van der Waals surface area contributed by atoms with Crippen molar-refractivity contribution in [2.45, 2.75) is 12.7 Å². The van der Waals surface area contributed by atoms with Crippen molar-refractivity contribution in [3.05, 3.63) is 71.8 Å². The molecular weight excluding hydrogens is 388 g/mol. The first-order valence-electron chi connectivity index (χ1n) is 9.69. The molecule has 3 rings (SSSR count). The highest BCUT2D eigenvalue weighted by atomic mass is 32.2. The molecule has 0 atom stereocenters. The van der Waals surface area contributed by atoms with E-state index >= 15 is 0 Å². The normalized spacial score (nSPS) is 15.6. The van der Waals surface area contributed by atoms with Gasteiger partial charge in [-0.15, -0.1) is 0 Å². The van der Waals surface area contributed by atoms with Gasteiger partial charge in [0.2, 0.25) is 15.9 Å². The maximum atomic E-state index is 12.6. The van der Waals surface area contributed by atoms with Crippen LogP contribution in [0.5, 0.6) is 5.75 Å². The summed E-state index contributed by atoms with van der Waals surface area (Å²) in [5.74, 6) is 0.669. The van der Waals surface area contributed by atoms with Crippen molar-refractivity contribution in [2.75, 3.05) is 32.8 Å². The minimum absolute atomic E-state index is 0.0145. The van der Waals surface area contributed by atoms with E-state index in [2.05, 4.69) is 0 Å². The number of benzene rings is 2. The molecule has 0 N–H and O–H groups in total. The Morgan fingerprint density at radius 2 is 1.66 bits per heavy atom. The largest absolute Gasteiger partial charge is 0.494 e. The molecule has 154 valence electrons. The Morgan fingerprint density at radius 3 is 2.28 bits per heavy atom. The number of carbonyl (C=O) groups is 1. The maximum Gasteiger partial charge on any atom is 0.246 e. The van der Waals surface area contributed by atoms with Crippen LogP contribution in [0, 0.1) is 0 Å². The number of ether oxygens (including phenoxy) is 1. The predicted molar refractivity (Wildman–Crippen MR) is 114 cm³/mol. The van der Waals surface area contributed by atoms with Crippen molar-refractivity contribution in [1.82, 2.24) is 9.21 Å². The highest BCUT2D eigenvalue weighted by molar-refractivity contribution is 7.88. The van der Waals surface area contributed by atoms with Crippen LogP contribution in [0.15, 0.2) is 60.7 Å². The van der Waals surface area contributed by atoms with Gasteiger partial charge in [-0.1, -0.05) is 42.5 Å². The molecule has 0 bridgehead atoms. The monoisotopic (exact) mass is 414 g/mol. The van der Waals surface area contributed by atoms with Crippen molar-refractivity contribution in [3.8, 4) is 5.75 Å². The van der Waals surface area contributed by atoms with Crippen LogP contribution in [0.3, 0.4) is 0 Å². The zero-order valence-corrected chi connectivity index (χ0v) is 17.3. The smallest absolute Gasteiger partial charge is 0.246 e. The third-order valence-corrected chi connectivity index (χ3v) is 6.60. The molecule has 0 aromatic heterocycles. The highest BCUT2D eigenvalue weighted by Gasteiger charge is 2.28. The second kappa shape index (κ2) is 9.71. The van der Waals surface area contributed by atoms with Crippen molar-refractivity contribution in [1.29, 1.82) is 0 Å². The standard InChI is InChI=1S/C22H26N2O4S/c1-2-28-21-11-8-19(9-12-21)10-13-22(25)23-14-16-24(17-15-23)29(26,27)18-20-6-4-3-5-7-20/h3-13H,2,14-18H2,1H3. The number of amides is 1. The lowest BCUT2D eigenvalue weighted by Crippen LogP contribution is -2.50. The average molecular weight is 415 g/mol. The number of hydrogen-bond donors (Lipinski definition) is 0. The topological polar surface area (TPSA) is 66.9 Å². The summed E-state index contributed by atoms with van der Waals surface area (Å²) in [6.45, 7) is 3.95. The van der Waals surface area contributed by atoms with E-state index in [9.17, 15) is 13.2 Å². The third kappa shape index (κ3) is 5.92. The van der Waals surface area contributed by atoms with Crippen molar-refractivity contribution in [2.24, 2.45) is 0 Å². The molecule has 1 fully saturated rings. The number of rotatable bonds is 7. The van der Waals surface area contributed by atoms with E-state index in [0.717, 1.165) is 16.9 Å². The molecule has 0 saturated carbocycles. The van der Waals surface area contributed by atoms with Crippen molar-refractivity contribution < 1.29 is 17.9 Å². The first-order valence-corrected chi connectivity index (χ1v) is 11.3. The van der Waals surface area contributed by atoms with Gasteiger partial charge in [0.15, 0.2) is 0 Å². The van der Waals surface area contributed by atoms with Crippen LogP contribution in [-0.2, 0) is 20.6 Å². The molecule has 0 unspecified atom stereocenters. The fraction of sp³-hybridized carbons (Fsp3) is 0.318.